The molecule has 1 heterocycles. The number of hydrogen-bond acceptors (Lipinski definition) is 7. The van der Waals surface area contributed by atoms with Gasteiger partial charge in [-0.05, 0) is 112 Å². The predicted octanol–water partition coefficient (Wildman–Crippen LogP) is 9.09. The second-order valence-electron chi connectivity index (χ2n) is 18.0. The predicted molar refractivity (Wildman–Crippen MR) is 207 cm³/mol. The first kappa shape index (κ1) is 40.8. The van der Waals surface area contributed by atoms with Crippen molar-refractivity contribution < 1.29 is 32.7 Å². The van der Waals surface area contributed by atoms with Crippen LogP contribution in [0.15, 0.2) is 48.1 Å². The van der Waals surface area contributed by atoms with Crippen LogP contribution in [-0.2, 0) is 27.9 Å². The Labute approximate surface area is 310 Å². The van der Waals surface area contributed by atoms with Gasteiger partial charge in [0.15, 0.2) is 23.7 Å². The lowest BCUT2D eigenvalue weighted by Gasteiger charge is -2.54. The molecule has 0 saturated carbocycles. The third kappa shape index (κ3) is 9.54. The molecule has 1 aromatic rings. The van der Waals surface area contributed by atoms with Gasteiger partial charge in [0, 0.05) is 22.8 Å². The standard InChI is InChI=1S/C40H63ClO7Si2/c1-25-14-15-26-22-27(37(2,3)4)23-32(45-36(43)39(8,9)46-29-18-16-28(41)17-19-29)33(26)40(25,48-50(12)13)21-20-30-24-31(38(5,6)7)34(35(42)44-30)47-49(10)11/h14-19,22,25,27,30-34,49-50H,20-21,23-24H2,1-13H3/t25-,27+,30+,31-,32-,33+,34?,40-/m0/s1. The van der Waals surface area contributed by atoms with E-state index in [1.54, 1.807) is 38.1 Å². The average Bonchev–Trinajstić information content (AvgIpc) is 2.98. The number of rotatable bonds is 11. The molecule has 1 unspecified atom stereocenters. The number of hydrogen-bond donors (Lipinski definition) is 0. The van der Waals surface area contributed by atoms with Crippen molar-refractivity contribution in [1.29, 1.82) is 0 Å². The minimum atomic E-state index is -1.63. The molecule has 8 atom stereocenters. The summed E-state index contributed by atoms with van der Waals surface area (Å²) in [5, 5.41) is 0.597. The summed E-state index contributed by atoms with van der Waals surface area (Å²) in [4.78, 5) is 27.6. The topological polar surface area (TPSA) is 80.3 Å². The van der Waals surface area contributed by atoms with Crippen molar-refractivity contribution in [3.63, 3.8) is 0 Å². The minimum absolute atomic E-state index is 0.0408. The van der Waals surface area contributed by atoms with Crippen LogP contribution < -0.4 is 4.74 Å². The van der Waals surface area contributed by atoms with Crippen LogP contribution in [0.25, 0.3) is 0 Å². The molecule has 0 amide bonds. The lowest BCUT2D eigenvalue weighted by atomic mass is 9.59. The summed E-state index contributed by atoms with van der Waals surface area (Å²) < 4.78 is 32.5. The van der Waals surface area contributed by atoms with E-state index in [1.165, 1.54) is 0 Å². The molecule has 1 fully saturated rings. The van der Waals surface area contributed by atoms with Gasteiger partial charge in [0.25, 0.3) is 0 Å². The van der Waals surface area contributed by atoms with Gasteiger partial charge in [-0.15, -0.1) is 0 Å². The summed E-state index contributed by atoms with van der Waals surface area (Å²) in [5.41, 5.74) is -0.887. The largest absolute Gasteiger partial charge is 0.476 e. The highest BCUT2D eigenvalue weighted by Gasteiger charge is 2.55. The van der Waals surface area contributed by atoms with Gasteiger partial charge in [-0.1, -0.05) is 78.3 Å². The van der Waals surface area contributed by atoms with Gasteiger partial charge >= 0.3 is 11.9 Å². The summed E-state index contributed by atoms with van der Waals surface area (Å²) >= 11 is 6.10. The number of esters is 2. The molecule has 0 spiro atoms. The summed E-state index contributed by atoms with van der Waals surface area (Å²) in [6.45, 7) is 27.6. The minimum Gasteiger partial charge on any atom is -0.476 e. The lowest BCUT2D eigenvalue weighted by Crippen LogP contribution is -2.58. The van der Waals surface area contributed by atoms with E-state index in [0.29, 0.717) is 30.0 Å². The average molecular weight is 748 g/mol. The number of carbonyl (C=O) groups excluding carboxylic acids is 2. The molecular formula is C40H63ClO7Si2. The fraction of sp³-hybridized carbons (Fsp3) is 0.700. The fourth-order valence-corrected chi connectivity index (χ4v) is 10.4. The van der Waals surface area contributed by atoms with Crippen molar-refractivity contribution in [2.45, 2.75) is 144 Å². The number of carbonyl (C=O) groups is 2. The second-order valence-corrected chi connectivity index (χ2v) is 23.2. The van der Waals surface area contributed by atoms with Gasteiger partial charge in [0.05, 0.1) is 5.60 Å². The number of cyclic esters (lactones) is 1. The Morgan fingerprint density at radius 3 is 2.16 bits per heavy atom. The third-order valence-corrected chi connectivity index (χ3v) is 12.8. The Kier molecular flexibility index (Phi) is 12.7. The van der Waals surface area contributed by atoms with E-state index in [9.17, 15) is 9.59 Å². The van der Waals surface area contributed by atoms with E-state index in [-0.39, 0.29) is 46.6 Å². The van der Waals surface area contributed by atoms with Crippen LogP contribution >= 0.6 is 11.6 Å². The highest BCUT2D eigenvalue weighted by atomic mass is 35.5. The van der Waals surface area contributed by atoms with Gasteiger partial charge < -0.3 is 23.1 Å². The second kappa shape index (κ2) is 15.6. The van der Waals surface area contributed by atoms with Gasteiger partial charge in [-0.25, -0.2) is 9.59 Å². The summed E-state index contributed by atoms with van der Waals surface area (Å²) in [7, 11) is -3.09. The zero-order valence-corrected chi connectivity index (χ0v) is 35.9. The van der Waals surface area contributed by atoms with E-state index in [2.05, 4.69) is 92.9 Å². The fourth-order valence-electron chi connectivity index (χ4n) is 8.03. The van der Waals surface area contributed by atoms with Crippen molar-refractivity contribution >= 4 is 41.6 Å². The van der Waals surface area contributed by atoms with Crippen LogP contribution in [0.1, 0.15) is 88.0 Å². The number of halogens is 1. The zero-order chi connectivity index (χ0) is 37.4. The van der Waals surface area contributed by atoms with E-state index in [1.807, 2.05) is 0 Å². The van der Waals surface area contributed by atoms with Gasteiger partial charge in [0.1, 0.15) is 24.1 Å². The molecule has 4 rings (SSSR count). The third-order valence-electron chi connectivity index (χ3n) is 10.8. The normalized spacial score (nSPS) is 30.5. The zero-order valence-electron chi connectivity index (χ0n) is 32.8. The summed E-state index contributed by atoms with van der Waals surface area (Å²) in [6, 6.07) is 7.01. The number of benzene rings is 1. The van der Waals surface area contributed by atoms with Crippen LogP contribution in [0.2, 0.25) is 31.2 Å². The lowest BCUT2D eigenvalue weighted by molar-refractivity contribution is -0.181. The molecule has 7 nitrogen and oxygen atoms in total. The molecule has 50 heavy (non-hydrogen) atoms. The molecule has 0 N–H and O–H groups in total. The van der Waals surface area contributed by atoms with E-state index in [0.717, 1.165) is 12.0 Å². The Bertz CT molecular complexity index is 1410. The van der Waals surface area contributed by atoms with Crippen LogP contribution in [0, 0.1) is 34.5 Å². The van der Waals surface area contributed by atoms with Crippen LogP contribution in [-0.4, -0.2) is 59.5 Å². The Morgan fingerprint density at radius 1 is 0.960 bits per heavy atom. The molecule has 0 radical (unpaired) electrons. The SMILES string of the molecule is C[C@H]1C=CC2=C[C@@H](C(C)(C)C)C[C@H](OC(=O)C(C)(C)Oc3ccc(Cl)cc3)[C@@H]2[C@@]1(CC[C@@H]1C[C@H](C(C)(C)C)C(O[SiH](C)C)C(=O)O1)O[SiH](C)C. The number of allylic oxidation sites excluding steroid dienone is 2. The molecule has 1 aromatic carbocycles. The van der Waals surface area contributed by atoms with Crippen LogP contribution in [0.4, 0.5) is 0 Å². The summed E-state index contributed by atoms with van der Waals surface area (Å²) in [5.74, 6) is -0.0145. The molecule has 1 aliphatic heterocycles. The maximum atomic E-state index is 14.1. The van der Waals surface area contributed by atoms with E-state index >= 15 is 0 Å². The molecule has 10 heteroatoms. The highest BCUT2D eigenvalue weighted by molar-refractivity contribution is 6.49. The van der Waals surface area contributed by atoms with Crippen LogP contribution in [0.3, 0.4) is 0 Å². The van der Waals surface area contributed by atoms with Crippen molar-refractivity contribution in [3.05, 3.63) is 53.1 Å². The van der Waals surface area contributed by atoms with Crippen molar-refractivity contribution in [1.82, 2.24) is 0 Å². The van der Waals surface area contributed by atoms with E-state index in [4.69, 9.17) is 34.7 Å². The molecule has 0 bridgehead atoms. The molecule has 3 aliphatic rings. The quantitative estimate of drug-likeness (QED) is 0.165. The van der Waals surface area contributed by atoms with Gasteiger partial charge in [0.2, 0.25) is 0 Å². The van der Waals surface area contributed by atoms with Crippen LogP contribution in [0.5, 0.6) is 5.75 Å². The number of fused-ring (bicyclic) bond motifs is 1. The molecule has 0 aromatic heterocycles. The maximum Gasteiger partial charge on any atom is 0.350 e. The maximum absolute atomic E-state index is 14.1. The van der Waals surface area contributed by atoms with E-state index < -0.39 is 47.5 Å². The Morgan fingerprint density at radius 2 is 1.60 bits per heavy atom. The van der Waals surface area contributed by atoms with Gasteiger partial charge in [-0.2, -0.15) is 0 Å². The van der Waals surface area contributed by atoms with Crippen molar-refractivity contribution in [2.75, 3.05) is 0 Å². The molecule has 280 valence electrons. The van der Waals surface area contributed by atoms with Crippen molar-refractivity contribution in [2.24, 2.45) is 34.5 Å². The summed E-state index contributed by atoms with van der Waals surface area (Å²) in [6.07, 6.45) is 8.41. The first-order chi connectivity index (χ1) is 23.0. The molecular weight excluding hydrogens is 684 g/mol. The van der Waals surface area contributed by atoms with Crippen molar-refractivity contribution in [3.8, 4) is 5.75 Å². The first-order valence-corrected chi connectivity index (χ1v) is 24.6. The Hall–Kier alpha value is -1.92. The van der Waals surface area contributed by atoms with Gasteiger partial charge in [-0.3, -0.25) is 0 Å². The first-order valence-electron chi connectivity index (χ1n) is 18.6. The Balaban J connectivity index is 1.69. The monoisotopic (exact) mass is 746 g/mol. The molecule has 2 aliphatic carbocycles. The highest BCUT2D eigenvalue weighted by Crippen LogP contribution is 2.53. The molecule has 1 saturated heterocycles. The number of ether oxygens (including phenoxy) is 3. The smallest absolute Gasteiger partial charge is 0.350 e.